The van der Waals surface area contributed by atoms with Crippen LogP contribution in [0.3, 0.4) is 0 Å². The third kappa shape index (κ3) is 68.7. The molecule has 0 aromatic rings. The molecule has 0 saturated heterocycles. The van der Waals surface area contributed by atoms with Crippen LogP contribution >= 0.6 is 0 Å². The highest BCUT2D eigenvalue weighted by Gasteiger charge is 2.19. The Hall–Kier alpha value is -3.93. The van der Waals surface area contributed by atoms with E-state index in [1.807, 2.05) is 0 Å². The van der Waals surface area contributed by atoms with Crippen LogP contribution in [-0.2, 0) is 28.6 Å². The Kier molecular flexibility index (Phi) is 67.2. The summed E-state index contributed by atoms with van der Waals surface area (Å²) in [5.41, 5.74) is 0. The third-order valence-corrected chi connectivity index (χ3v) is 15.2. The van der Waals surface area contributed by atoms with Gasteiger partial charge in [-0.15, -0.1) is 0 Å². The van der Waals surface area contributed by atoms with Crippen LogP contribution in [-0.4, -0.2) is 37.2 Å². The fourth-order valence-electron chi connectivity index (χ4n) is 9.94. The van der Waals surface area contributed by atoms with Crippen LogP contribution < -0.4 is 0 Å². The van der Waals surface area contributed by atoms with Crippen LogP contribution in [0, 0.1) is 0 Å². The van der Waals surface area contributed by atoms with Crippen molar-refractivity contribution >= 4 is 17.9 Å². The van der Waals surface area contributed by atoms with Crippen molar-refractivity contribution in [1.82, 2.24) is 0 Å². The fraction of sp³-hybridized carbons (Fsp3) is 0.727. The average Bonchev–Trinajstić information content (AvgIpc) is 3.50. The van der Waals surface area contributed by atoms with Gasteiger partial charge in [-0.2, -0.15) is 0 Å². The number of unbranched alkanes of at least 4 members (excludes halogenated alkanes) is 35. The van der Waals surface area contributed by atoms with Crippen molar-refractivity contribution in [2.45, 2.75) is 348 Å². The number of rotatable bonds is 64. The molecule has 0 saturated carbocycles. The minimum atomic E-state index is -0.795. The highest BCUT2D eigenvalue weighted by atomic mass is 16.6. The molecule has 476 valence electrons. The first-order chi connectivity index (χ1) is 41.0. The summed E-state index contributed by atoms with van der Waals surface area (Å²) in [5.74, 6) is -0.898. The van der Waals surface area contributed by atoms with Gasteiger partial charge in [0.25, 0.3) is 0 Å². The first-order valence-electron chi connectivity index (χ1n) is 35.4. The lowest BCUT2D eigenvalue weighted by atomic mass is 10.0. The summed E-state index contributed by atoms with van der Waals surface area (Å²) in [7, 11) is 0. The van der Waals surface area contributed by atoms with Crippen molar-refractivity contribution in [2.75, 3.05) is 13.2 Å². The van der Waals surface area contributed by atoms with Crippen LogP contribution in [0.4, 0.5) is 0 Å². The normalized spacial score (nSPS) is 12.8. The van der Waals surface area contributed by atoms with Gasteiger partial charge in [0.2, 0.25) is 0 Å². The molecule has 83 heavy (non-hydrogen) atoms. The zero-order valence-corrected chi connectivity index (χ0v) is 54.7. The van der Waals surface area contributed by atoms with E-state index in [4.69, 9.17) is 14.2 Å². The molecule has 1 unspecified atom stereocenters. The highest BCUT2D eigenvalue weighted by molar-refractivity contribution is 5.71. The van der Waals surface area contributed by atoms with Crippen molar-refractivity contribution in [3.05, 3.63) is 109 Å². The molecule has 0 aliphatic heterocycles. The second kappa shape index (κ2) is 70.6. The van der Waals surface area contributed by atoms with Gasteiger partial charge in [-0.3, -0.25) is 14.4 Å². The lowest BCUT2D eigenvalue weighted by Gasteiger charge is -2.18. The summed E-state index contributed by atoms with van der Waals surface area (Å²) in [4.78, 5) is 38.5. The number of ether oxygens (including phenoxy) is 3. The van der Waals surface area contributed by atoms with E-state index >= 15 is 0 Å². The molecule has 6 heteroatoms. The van der Waals surface area contributed by atoms with E-state index in [1.54, 1.807) is 0 Å². The smallest absolute Gasteiger partial charge is 0.306 e. The predicted molar refractivity (Wildman–Crippen MR) is 362 cm³/mol. The van der Waals surface area contributed by atoms with Crippen LogP contribution in [0.5, 0.6) is 0 Å². The predicted octanol–water partition coefficient (Wildman–Crippen LogP) is 24.6. The Balaban J connectivity index is 4.40. The molecule has 0 spiro atoms. The average molecular weight is 1150 g/mol. The van der Waals surface area contributed by atoms with Gasteiger partial charge in [-0.05, 0) is 128 Å². The SMILES string of the molecule is CC/C=C\C/C=C\C/C=C\C/C=C\C/C=C\CCCCCCCC(=O)OC(COC(=O)CCCCCCCCCCC/C=C\C/C=C\CCCCC)COC(=O)CCCCCCCCCCCCCCC/C=C\C/C=C\CCCCCCC. The Morgan fingerprint density at radius 1 is 0.253 bits per heavy atom. The number of hydrogen-bond acceptors (Lipinski definition) is 6. The van der Waals surface area contributed by atoms with E-state index in [0.29, 0.717) is 19.3 Å². The molecule has 0 aromatic heterocycles. The van der Waals surface area contributed by atoms with Gasteiger partial charge >= 0.3 is 17.9 Å². The van der Waals surface area contributed by atoms with Crippen molar-refractivity contribution in [2.24, 2.45) is 0 Å². The van der Waals surface area contributed by atoms with Crippen LogP contribution in [0.25, 0.3) is 0 Å². The summed E-state index contributed by atoms with van der Waals surface area (Å²) in [6.45, 7) is 6.51. The number of esters is 3. The standard InChI is InChI=1S/C77H132O6/c1-4-7-10-13-16-19-22-25-28-31-34-36-37-38-39-41-43-46-49-52-55-58-61-64-67-70-76(79)82-73-74(72-81-75(78)69-66-63-60-57-54-51-48-45-42-33-30-27-24-21-18-15-12-9-6-3)83-77(80)71-68-65-62-59-56-53-50-47-44-40-35-32-29-26-23-20-17-14-11-8-5-2/h8,11,17-18,20-22,25-27,29-31,34-35,40,47,50,74H,4-7,9-10,12-16,19,23-24,28,32-33,36-39,41-46,48-49,51-73H2,1-3H3/b11-8-,20-17-,21-18-,25-22-,29-26-,30-27-,34-31-,40-35-,50-47-. The molecule has 0 N–H and O–H groups in total. The van der Waals surface area contributed by atoms with E-state index in [2.05, 4.69) is 130 Å². The van der Waals surface area contributed by atoms with Crippen molar-refractivity contribution in [3.63, 3.8) is 0 Å². The summed E-state index contributed by atoms with van der Waals surface area (Å²) in [6.07, 6.45) is 96.7. The van der Waals surface area contributed by atoms with E-state index in [-0.39, 0.29) is 31.1 Å². The lowest BCUT2D eigenvalue weighted by molar-refractivity contribution is -0.167. The highest BCUT2D eigenvalue weighted by Crippen LogP contribution is 2.17. The molecule has 1 atom stereocenters. The molecular weight excluding hydrogens is 1020 g/mol. The minimum absolute atomic E-state index is 0.0873. The Morgan fingerprint density at radius 2 is 0.470 bits per heavy atom. The molecule has 0 fully saturated rings. The van der Waals surface area contributed by atoms with E-state index in [1.165, 1.54) is 180 Å². The number of allylic oxidation sites excluding steroid dienone is 18. The molecule has 0 aromatic carbocycles. The lowest BCUT2D eigenvalue weighted by Crippen LogP contribution is -2.30. The minimum Gasteiger partial charge on any atom is -0.462 e. The summed E-state index contributed by atoms with van der Waals surface area (Å²) in [5, 5.41) is 0. The number of carbonyl (C=O) groups excluding carboxylic acids is 3. The van der Waals surface area contributed by atoms with Crippen LogP contribution in [0.1, 0.15) is 342 Å². The van der Waals surface area contributed by atoms with Gasteiger partial charge in [-0.25, -0.2) is 0 Å². The van der Waals surface area contributed by atoms with Gasteiger partial charge < -0.3 is 14.2 Å². The Morgan fingerprint density at radius 3 is 0.759 bits per heavy atom. The number of carbonyl (C=O) groups is 3. The maximum atomic E-state index is 13.0. The van der Waals surface area contributed by atoms with E-state index in [9.17, 15) is 14.4 Å². The zero-order valence-electron chi connectivity index (χ0n) is 54.7. The van der Waals surface area contributed by atoms with Crippen LogP contribution in [0.15, 0.2) is 109 Å². The fourth-order valence-corrected chi connectivity index (χ4v) is 9.94. The molecule has 0 heterocycles. The summed E-state index contributed by atoms with van der Waals surface area (Å²) < 4.78 is 17.0. The van der Waals surface area contributed by atoms with Gasteiger partial charge in [0.15, 0.2) is 6.10 Å². The van der Waals surface area contributed by atoms with E-state index < -0.39 is 6.10 Å². The largest absolute Gasteiger partial charge is 0.462 e. The monoisotopic (exact) mass is 1150 g/mol. The molecule has 0 bridgehead atoms. The van der Waals surface area contributed by atoms with Gasteiger partial charge in [0.1, 0.15) is 13.2 Å². The topological polar surface area (TPSA) is 78.9 Å². The molecule has 6 nitrogen and oxygen atoms in total. The first-order valence-corrected chi connectivity index (χ1v) is 35.4. The van der Waals surface area contributed by atoms with Gasteiger partial charge in [-0.1, -0.05) is 304 Å². The zero-order chi connectivity index (χ0) is 59.9. The molecular formula is C77H132O6. The third-order valence-electron chi connectivity index (χ3n) is 15.2. The van der Waals surface area contributed by atoms with Crippen molar-refractivity contribution in [1.29, 1.82) is 0 Å². The van der Waals surface area contributed by atoms with Crippen LogP contribution in [0.2, 0.25) is 0 Å². The quantitative estimate of drug-likeness (QED) is 0.0261. The molecule has 0 radical (unpaired) electrons. The Labute approximate surface area is 514 Å². The van der Waals surface area contributed by atoms with Crippen molar-refractivity contribution < 1.29 is 28.6 Å². The maximum Gasteiger partial charge on any atom is 0.306 e. The first kappa shape index (κ1) is 79.1. The second-order valence-corrected chi connectivity index (χ2v) is 23.4. The summed E-state index contributed by atoms with van der Waals surface area (Å²) >= 11 is 0. The van der Waals surface area contributed by atoms with Crippen molar-refractivity contribution in [3.8, 4) is 0 Å². The molecule has 0 rings (SSSR count). The summed E-state index contributed by atoms with van der Waals surface area (Å²) in [6, 6.07) is 0. The molecule has 0 aliphatic carbocycles. The van der Waals surface area contributed by atoms with E-state index in [0.717, 1.165) is 122 Å². The molecule has 0 amide bonds. The number of hydrogen-bond donors (Lipinski definition) is 0. The van der Waals surface area contributed by atoms with Gasteiger partial charge in [0, 0.05) is 19.3 Å². The van der Waals surface area contributed by atoms with Gasteiger partial charge in [0.05, 0.1) is 0 Å². The second-order valence-electron chi connectivity index (χ2n) is 23.4. The maximum absolute atomic E-state index is 13.0. The Bertz CT molecular complexity index is 1660. The molecule has 0 aliphatic rings.